The van der Waals surface area contributed by atoms with E-state index in [1.165, 1.54) is 12.1 Å². The van der Waals surface area contributed by atoms with Crippen LogP contribution in [0.5, 0.6) is 11.5 Å². The average Bonchev–Trinajstić information content (AvgIpc) is 2.47. The molecule has 0 aromatic heterocycles. The highest BCUT2D eigenvalue weighted by Gasteiger charge is 2.20. The van der Waals surface area contributed by atoms with Crippen molar-refractivity contribution in [3.8, 4) is 17.6 Å². The lowest BCUT2D eigenvalue weighted by Crippen LogP contribution is -2.02. The number of benzene rings is 2. The van der Waals surface area contributed by atoms with E-state index in [4.69, 9.17) is 15.1 Å². The molecule has 0 unspecified atom stereocenters. The Morgan fingerprint density at radius 2 is 1.95 bits per heavy atom. The lowest BCUT2D eigenvalue weighted by molar-refractivity contribution is -0.385. The van der Waals surface area contributed by atoms with Crippen LogP contribution in [0.1, 0.15) is 15.9 Å². The van der Waals surface area contributed by atoms with E-state index in [9.17, 15) is 14.9 Å². The van der Waals surface area contributed by atoms with Crippen LogP contribution >= 0.6 is 0 Å². The van der Waals surface area contributed by atoms with Crippen LogP contribution in [0.4, 0.5) is 5.69 Å². The normalized spacial score (nSPS) is 9.67. The van der Waals surface area contributed by atoms with E-state index in [2.05, 4.69) is 0 Å². The molecule has 21 heavy (non-hydrogen) atoms. The van der Waals surface area contributed by atoms with Gasteiger partial charge in [0.2, 0.25) is 0 Å². The van der Waals surface area contributed by atoms with Gasteiger partial charge < -0.3 is 9.84 Å². The Kier molecular flexibility index (Phi) is 3.81. The van der Waals surface area contributed by atoms with E-state index in [1.807, 2.05) is 6.07 Å². The molecule has 104 valence electrons. The van der Waals surface area contributed by atoms with Gasteiger partial charge in [0.05, 0.1) is 22.6 Å². The smallest absolute Gasteiger partial charge is 0.342 e. The molecular formula is C14H8N2O5. The lowest BCUT2D eigenvalue weighted by Gasteiger charge is -2.06. The summed E-state index contributed by atoms with van der Waals surface area (Å²) in [7, 11) is 0. The van der Waals surface area contributed by atoms with Crippen molar-refractivity contribution < 1.29 is 19.6 Å². The predicted molar refractivity (Wildman–Crippen MR) is 71.3 cm³/mol. The van der Waals surface area contributed by atoms with Crippen molar-refractivity contribution in [3.63, 3.8) is 0 Å². The van der Waals surface area contributed by atoms with E-state index in [0.29, 0.717) is 11.3 Å². The number of carboxylic acid groups (broad SMARTS) is 1. The molecule has 2 rings (SSSR count). The Balaban J connectivity index is 2.37. The summed E-state index contributed by atoms with van der Waals surface area (Å²) >= 11 is 0. The summed E-state index contributed by atoms with van der Waals surface area (Å²) in [6.07, 6.45) is 0. The third-order valence-corrected chi connectivity index (χ3v) is 2.60. The second-order valence-electron chi connectivity index (χ2n) is 3.98. The molecule has 0 amide bonds. The van der Waals surface area contributed by atoms with Gasteiger partial charge in [0.15, 0.2) is 0 Å². The van der Waals surface area contributed by atoms with E-state index in [-0.39, 0.29) is 5.75 Å². The largest absolute Gasteiger partial charge is 0.477 e. The fourth-order valence-electron chi connectivity index (χ4n) is 1.67. The van der Waals surface area contributed by atoms with Crippen molar-refractivity contribution in [2.75, 3.05) is 0 Å². The second kappa shape index (κ2) is 5.71. The van der Waals surface area contributed by atoms with Gasteiger partial charge in [-0.2, -0.15) is 5.26 Å². The van der Waals surface area contributed by atoms with Crippen LogP contribution in [0.2, 0.25) is 0 Å². The minimum absolute atomic E-state index is 0.113. The first-order chi connectivity index (χ1) is 10.0. The van der Waals surface area contributed by atoms with Crippen LogP contribution < -0.4 is 4.74 Å². The average molecular weight is 284 g/mol. The van der Waals surface area contributed by atoms with Crippen molar-refractivity contribution >= 4 is 11.7 Å². The predicted octanol–water partition coefficient (Wildman–Crippen LogP) is 2.96. The first-order valence-corrected chi connectivity index (χ1v) is 5.71. The summed E-state index contributed by atoms with van der Waals surface area (Å²) < 4.78 is 5.40. The first-order valence-electron chi connectivity index (χ1n) is 5.71. The number of nitro benzene ring substituents is 1. The SMILES string of the molecule is N#Cc1cccc(Oc2ccc(C(=O)O)c([N+](=O)[O-])c2)c1. The minimum Gasteiger partial charge on any atom is -0.477 e. The molecule has 0 fully saturated rings. The van der Waals surface area contributed by atoms with E-state index in [1.54, 1.807) is 18.2 Å². The molecule has 0 aliphatic heterocycles. The third kappa shape index (κ3) is 3.13. The minimum atomic E-state index is -1.39. The van der Waals surface area contributed by atoms with Crippen LogP contribution in [0.15, 0.2) is 42.5 Å². The second-order valence-corrected chi connectivity index (χ2v) is 3.98. The molecule has 0 heterocycles. The van der Waals surface area contributed by atoms with Crippen molar-refractivity contribution in [1.29, 1.82) is 5.26 Å². The molecule has 0 saturated heterocycles. The summed E-state index contributed by atoms with van der Waals surface area (Å²) in [5, 5.41) is 28.5. The number of hydrogen-bond donors (Lipinski definition) is 1. The van der Waals surface area contributed by atoms with Gasteiger partial charge in [0, 0.05) is 0 Å². The molecule has 1 N–H and O–H groups in total. The summed E-state index contributed by atoms with van der Waals surface area (Å²) in [5.74, 6) is -0.951. The summed E-state index contributed by atoms with van der Waals surface area (Å²) in [6, 6.07) is 11.6. The van der Waals surface area contributed by atoms with E-state index >= 15 is 0 Å². The highest BCUT2D eigenvalue weighted by molar-refractivity contribution is 5.92. The van der Waals surface area contributed by atoms with Crippen LogP contribution in [0.25, 0.3) is 0 Å². The van der Waals surface area contributed by atoms with Gasteiger partial charge in [-0.15, -0.1) is 0 Å². The van der Waals surface area contributed by atoms with Gasteiger partial charge in [-0.3, -0.25) is 10.1 Å². The van der Waals surface area contributed by atoms with Crippen molar-refractivity contribution in [2.24, 2.45) is 0 Å². The molecule has 0 spiro atoms. The highest BCUT2D eigenvalue weighted by atomic mass is 16.6. The van der Waals surface area contributed by atoms with Crippen LogP contribution in [0, 0.1) is 21.4 Å². The van der Waals surface area contributed by atoms with Gasteiger partial charge in [-0.25, -0.2) is 4.79 Å². The standard InChI is InChI=1S/C14H8N2O5/c15-8-9-2-1-3-10(6-9)21-11-4-5-12(14(17)18)13(7-11)16(19)20/h1-7H,(H,17,18). The topological polar surface area (TPSA) is 113 Å². The lowest BCUT2D eigenvalue weighted by atomic mass is 10.1. The van der Waals surface area contributed by atoms with Crippen LogP contribution in [-0.2, 0) is 0 Å². The number of rotatable bonds is 4. The van der Waals surface area contributed by atoms with Gasteiger partial charge in [-0.05, 0) is 30.3 Å². The number of nitrogens with zero attached hydrogens (tertiary/aromatic N) is 2. The maximum absolute atomic E-state index is 10.9. The Hall–Kier alpha value is -3.40. The fourth-order valence-corrected chi connectivity index (χ4v) is 1.67. The van der Waals surface area contributed by atoms with Gasteiger partial charge in [0.1, 0.15) is 17.1 Å². The maximum Gasteiger partial charge on any atom is 0.342 e. The molecule has 7 heteroatoms. The van der Waals surface area contributed by atoms with Gasteiger partial charge in [0.25, 0.3) is 5.69 Å². The molecule has 0 atom stereocenters. The summed E-state index contributed by atoms with van der Waals surface area (Å²) in [4.78, 5) is 21.0. The van der Waals surface area contributed by atoms with Crippen LogP contribution in [0.3, 0.4) is 0 Å². The third-order valence-electron chi connectivity index (χ3n) is 2.60. The molecular weight excluding hydrogens is 276 g/mol. The van der Waals surface area contributed by atoms with E-state index in [0.717, 1.165) is 12.1 Å². The van der Waals surface area contributed by atoms with Crippen molar-refractivity contribution in [1.82, 2.24) is 0 Å². The number of hydrogen-bond acceptors (Lipinski definition) is 5. The van der Waals surface area contributed by atoms with Crippen molar-refractivity contribution in [3.05, 3.63) is 63.7 Å². The number of nitro groups is 1. The Labute approximate surface area is 118 Å². The first kappa shape index (κ1) is 14.0. The molecule has 0 bridgehead atoms. The quantitative estimate of drug-likeness (QED) is 0.682. The summed E-state index contributed by atoms with van der Waals surface area (Å²) in [6.45, 7) is 0. The molecule has 0 aliphatic rings. The Morgan fingerprint density at radius 3 is 2.57 bits per heavy atom. The maximum atomic E-state index is 10.9. The Bertz CT molecular complexity index is 764. The van der Waals surface area contributed by atoms with E-state index < -0.39 is 22.1 Å². The zero-order chi connectivity index (χ0) is 15.4. The highest BCUT2D eigenvalue weighted by Crippen LogP contribution is 2.28. The zero-order valence-corrected chi connectivity index (χ0v) is 10.5. The molecule has 2 aromatic carbocycles. The number of carbonyl (C=O) groups is 1. The van der Waals surface area contributed by atoms with Gasteiger partial charge >= 0.3 is 5.97 Å². The number of aromatic carboxylic acids is 1. The number of nitriles is 1. The zero-order valence-electron chi connectivity index (χ0n) is 10.5. The monoisotopic (exact) mass is 284 g/mol. The molecule has 0 aliphatic carbocycles. The summed E-state index contributed by atoms with van der Waals surface area (Å²) in [5.41, 5.74) is -0.598. The van der Waals surface area contributed by atoms with Gasteiger partial charge in [-0.1, -0.05) is 6.07 Å². The van der Waals surface area contributed by atoms with Crippen molar-refractivity contribution in [2.45, 2.75) is 0 Å². The number of ether oxygens (including phenoxy) is 1. The van der Waals surface area contributed by atoms with Crippen LogP contribution in [-0.4, -0.2) is 16.0 Å². The molecule has 7 nitrogen and oxygen atoms in total. The fraction of sp³-hybridized carbons (Fsp3) is 0. The Morgan fingerprint density at radius 1 is 1.24 bits per heavy atom. The molecule has 2 aromatic rings. The molecule has 0 saturated carbocycles. The molecule has 0 radical (unpaired) electrons. The number of carboxylic acids is 1.